The Hall–Kier alpha value is -1.35. The molecule has 0 spiro atoms. The topological polar surface area (TPSA) is 29.3 Å². The van der Waals surface area contributed by atoms with Crippen molar-refractivity contribution in [3.8, 4) is 0 Å². The van der Waals surface area contributed by atoms with Crippen LogP contribution in [0.25, 0.3) is 5.65 Å². The first kappa shape index (κ1) is 8.00. The van der Waals surface area contributed by atoms with E-state index in [1.807, 2.05) is 12.4 Å². The van der Waals surface area contributed by atoms with Crippen molar-refractivity contribution >= 4 is 5.65 Å². The van der Waals surface area contributed by atoms with Gasteiger partial charge in [0.15, 0.2) is 0 Å². The summed E-state index contributed by atoms with van der Waals surface area (Å²) in [5.41, 5.74) is 2.34. The van der Waals surface area contributed by atoms with Gasteiger partial charge in [0.2, 0.25) is 0 Å². The molecule has 0 unspecified atom stereocenters. The highest BCUT2D eigenvalue weighted by atomic mass is 15.0. The number of hydrogen-bond donors (Lipinski definition) is 1. The molecule has 1 N–H and O–H groups in total. The van der Waals surface area contributed by atoms with Crippen molar-refractivity contribution in [2.45, 2.75) is 25.4 Å². The Bertz CT molecular complexity index is 442. The van der Waals surface area contributed by atoms with Crippen LogP contribution >= 0.6 is 0 Å². The summed E-state index contributed by atoms with van der Waals surface area (Å²) >= 11 is 0. The minimum Gasteiger partial charge on any atom is -0.310 e. The van der Waals surface area contributed by atoms with Crippen molar-refractivity contribution in [3.63, 3.8) is 0 Å². The Kier molecular flexibility index (Phi) is 1.77. The molecule has 0 aromatic carbocycles. The molecule has 0 radical (unpaired) electrons. The number of fused-ring (bicyclic) bond motifs is 1. The molecule has 0 atom stereocenters. The highest BCUT2D eigenvalue weighted by molar-refractivity contribution is 5.39. The van der Waals surface area contributed by atoms with E-state index in [0.717, 1.165) is 18.2 Å². The van der Waals surface area contributed by atoms with E-state index >= 15 is 0 Å². The lowest BCUT2D eigenvalue weighted by Crippen LogP contribution is -2.15. The molecule has 1 aliphatic carbocycles. The summed E-state index contributed by atoms with van der Waals surface area (Å²) in [7, 11) is 0. The second-order valence-corrected chi connectivity index (χ2v) is 3.89. The zero-order valence-corrected chi connectivity index (χ0v) is 7.98. The summed E-state index contributed by atoms with van der Waals surface area (Å²) in [5.74, 6) is 0. The lowest BCUT2D eigenvalue weighted by atomic mass is 10.3. The Morgan fingerprint density at radius 1 is 1.43 bits per heavy atom. The number of nitrogens with one attached hydrogen (secondary N) is 1. The minimum atomic E-state index is 0.772. The molecule has 3 nitrogen and oxygen atoms in total. The maximum atomic E-state index is 4.21. The normalized spacial score (nSPS) is 16.3. The van der Waals surface area contributed by atoms with E-state index in [0.29, 0.717) is 0 Å². The second kappa shape index (κ2) is 3.10. The highest BCUT2D eigenvalue weighted by Gasteiger charge is 2.19. The van der Waals surface area contributed by atoms with Crippen LogP contribution in [0.5, 0.6) is 0 Å². The first-order valence-corrected chi connectivity index (χ1v) is 5.07. The number of rotatable bonds is 3. The third-order valence-corrected chi connectivity index (χ3v) is 2.62. The molecular formula is C11H13N3. The van der Waals surface area contributed by atoms with Gasteiger partial charge in [-0.15, -0.1) is 0 Å². The molecule has 3 heteroatoms. The maximum Gasteiger partial charge on any atom is 0.136 e. The van der Waals surface area contributed by atoms with Crippen molar-refractivity contribution in [1.82, 2.24) is 14.7 Å². The summed E-state index contributed by atoms with van der Waals surface area (Å²) in [4.78, 5) is 4.21. The van der Waals surface area contributed by atoms with Crippen LogP contribution in [0, 0.1) is 0 Å². The van der Waals surface area contributed by atoms with Gasteiger partial charge in [-0.25, -0.2) is 4.98 Å². The van der Waals surface area contributed by atoms with E-state index in [2.05, 4.69) is 33.0 Å². The van der Waals surface area contributed by atoms with E-state index in [4.69, 9.17) is 0 Å². The van der Waals surface area contributed by atoms with Crippen LogP contribution < -0.4 is 5.32 Å². The molecule has 0 aliphatic heterocycles. The van der Waals surface area contributed by atoms with Crippen LogP contribution in [0.4, 0.5) is 0 Å². The fourth-order valence-electron chi connectivity index (χ4n) is 1.62. The van der Waals surface area contributed by atoms with Crippen LogP contribution in [0.1, 0.15) is 18.4 Å². The Morgan fingerprint density at radius 3 is 3.21 bits per heavy atom. The summed E-state index contributed by atoms with van der Waals surface area (Å²) in [6.45, 7) is 0.971. The van der Waals surface area contributed by atoms with Gasteiger partial charge in [0, 0.05) is 31.2 Å². The van der Waals surface area contributed by atoms with Crippen LogP contribution in [0.3, 0.4) is 0 Å². The van der Waals surface area contributed by atoms with E-state index in [1.54, 1.807) is 0 Å². The third kappa shape index (κ3) is 1.51. The monoisotopic (exact) mass is 187 g/mol. The van der Waals surface area contributed by atoms with Crippen LogP contribution in [0.2, 0.25) is 0 Å². The van der Waals surface area contributed by atoms with E-state index in [-0.39, 0.29) is 0 Å². The molecule has 0 saturated heterocycles. The fraction of sp³-hybridized carbons (Fsp3) is 0.364. The van der Waals surface area contributed by atoms with E-state index in [1.165, 1.54) is 18.4 Å². The molecule has 3 rings (SSSR count). The maximum absolute atomic E-state index is 4.21. The molecule has 1 aliphatic rings. The number of imidazole rings is 1. The average molecular weight is 187 g/mol. The van der Waals surface area contributed by atoms with Crippen molar-refractivity contribution < 1.29 is 0 Å². The average Bonchev–Trinajstić information content (AvgIpc) is 2.92. The lowest BCUT2D eigenvalue weighted by Gasteiger charge is -2.03. The van der Waals surface area contributed by atoms with E-state index in [9.17, 15) is 0 Å². The first-order valence-electron chi connectivity index (χ1n) is 5.07. The predicted molar refractivity (Wildman–Crippen MR) is 55.1 cm³/mol. The summed E-state index contributed by atoms with van der Waals surface area (Å²) in [5, 5.41) is 3.50. The molecule has 72 valence electrons. The van der Waals surface area contributed by atoms with Crippen LogP contribution in [-0.2, 0) is 6.54 Å². The lowest BCUT2D eigenvalue weighted by molar-refractivity contribution is 0.685. The molecule has 2 aromatic heterocycles. The minimum absolute atomic E-state index is 0.772. The largest absolute Gasteiger partial charge is 0.310 e. The van der Waals surface area contributed by atoms with Gasteiger partial charge in [-0.3, -0.25) is 0 Å². The SMILES string of the molecule is c1cn2cc(CNC3CC3)ccc2n1. The molecule has 2 aromatic rings. The van der Waals surface area contributed by atoms with Gasteiger partial charge in [-0.1, -0.05) is 6.07 Å². The van der Waals surface area contributed by atoms with Crippen LogP contribution in [-0.4, -0.2) is 15.4 Å². The van der Waals surface area contributed by atoms with Crippen molar-refractivity contribution in [2.24, 2.45) is 0 Å². The van der Waals surface area contributed by atoms with Crippen molar-refractivity contribution in [3.05, 3.63) is 36.3 Å². The zero-order valence-electron chi connectivity index (χ0n) is 7.98. The van der Waals surface area contributed by atoms with Gasteiger partial charge in [0.25, 0.3) is 0 Å². The van der Waals surface area contributed by atoms with Crippen molar-refractivity contribution in [2.75, 3.05) is 0 Å². The molecular weight excluding hydrogens is 174 g/mol. The van der Waals surface area contributed by atoms with E-state index < -0.39 is 0 Å². The molecule has 0 amide bonds. The molecule has 1 fully saturated rings. The number of nitrogens with zero attached hydrogens (tertiary/aromatic N) is 2. The van der Waals surface area contributed by atoms with Gasteiger partial charge in [-0.05, 0) is 24.5 Å². The first-order chi connectivity index (χ1) is 6.92. The number of hydrogen-bond acceptors (Lipinski definition) is 2. The summed E-state index contributed by atoms with van der Waals surface area (Å²) in [6, 6.07) is 4.97. The highest BCUT2D eigenvalue weighted by Crippen LogP contribution is 2.19. The molecule has 2 heterocycles. The number of pyridine rings is 1. The van der Waals surface area contributed by atoms with Crippen LogP contribution in [0.15, 0.2) is 30.7 Å². The Morgan fingerprint density at radius 2 is 2.36 bits per heavy atom. The smallest absolute Gasteiger partial charge is 0.136 e. The van der Waals surface area contributed by atoms with Gasteiger partial charge in [0.1, 0.15) is 5.65 Å². The standard InChI is InChI=1S/C11H13N3/c1-4-11-12-5-6-14(11)8-9(1)7-13-10-2-3-10/h1,4-6,8,10,13H,2-3,7H2. The zero-order chi connectivity index (χ0) is 9.38. The van der Waals surface area contributed by atoms with Gasteiger partial charge < -0.3 is 9.72 Å². The Balaban J connectivity index is 1.81. The third-order valence-electron chi connectivity index (χ3n) is 2.62. The molecule has 0 bridgehead atoms. The molecule has 14 heavy (non-hydrogen) atoms. The summed E-state index contributed by atoms with van der Waals surface area (Å²) in [6.07, 6.45) is 8.63. The summed E-state index contributed by atoms with van der Waals surface area (Å²) < 4.78 is 2.06. The fourth-order valence-corrected chi connectivity index (χ4v) is 1.62. The Labute approximate surface area is 82.8 Å². The predicted octanol–water partition coefficient (Wildman–Crippen LogP) is 1.59. The van der Waals surface area contributed by atoms with Gasteiger partial charge in [-0.2, -0.15) is 0 Å². The van der Waals surface area contributed by atoms with Gasteiger partial charge >= 0.3 is 0 Å². The second-order valence-electron chi connectivity index (χ2n) is 3.89. The van der Waals surface area contributed by atoms with Crippen molar-refractivity contribution in [1.29, 1.82) is 0 Å². The molecule has 1 saturated carbocycles. The quantitative estimate of drug-likeness (QED) is 0.790. The number of aromatic nitrogens is 2. The van der Waals surface area contributed by atoms with Gasteiger partial charge in [0.05, 0.1) is 0 Å².